The van der Waals surface area contributed by atoms with E-state index in [0.717, 1.165) is 31.1 Å². The predicted octanol–water partition coefficient (Wildman–Crippen LogP) is 7.10. The van der Waals surface area contributed by atoms with Gasteiger partial charge in [-0.3, -0.25) is 0 Å². The van der Waals surface area contributed by atoms with Crippen molar-refractivity contribution in [1.82, 2.24) is 0 Å². The molecule has 0 amide bonds. The van der Waals surface area contributed by atoms with Gasteiger partial charge in [-0.1, -0.05) is 91.0 Å². The standard InChI is InChI=1S/C26H21BrN2OS/c27-24-16-23(19-30-18-20-10-4-1-5-11-20)31-25(24)17-28-29-26(21-12-6-2-7-13-21)22-14-8-3-9-15-22/h1-17H,18-19H2. The molecule has 0 aliphatic rings. The summed E-state index contributed by atoms with van der Waals surface area (Å²) in [5.41, 5.74) is 4.08. The third-order valence-electron chi connectivity index (χ3n) is 4.55. The summed E-state index contributed by atoms with van der Waals surface area (Å²) in [6.45, 7) is 1.16. The molecule has 0 spiro atoms. The second-order valence-electron chi connectivity index (χ2n) is 6.83. The number of hydrogen-bond donors (Lipinski definition) is 0. The van der Waals surface area contributed by atoms with Gasteiger partial charge in [0.25, 0.3) is 0 Å². The van der Waals surface area contributed by atoms with Crippen molar-refractivity contribution in [3.8, 4) is 0 Å². The second-order valence-corrected chi connectivity index (χ2v) is 8.85. The molecule has 0 radical (unpaired) electrons. The zero-order valence-electron chi connectivity index (χ0n) is 16.8. The summed E-state index contributed by atoms with van der Waals surface area (Å²) in [4.78, 5) is 2.15. The smallest absolute Gasteiger partial charge is 0.100 e. The van der Waals surface area contributed by atoms with Gasteiger partial charge in [0.1, 0.15) is 5.71 Å². The Labute approximate surface area is 194 Å². The molecule has 154 valence electrons. The number of rotatable bonds is 8. The van der Waals surface area contributed by atoms with Gasteiger partial charge in [0.05, 0.1) is 24.3 Å². The molecule has 0 fully saturated rings. The zero-order chi connectivity index (χ0) is 21.3. The summed E-state index contributed by atoms with van der Waals surface area (Å²) in [5, 5.41) is 8.95. The normalized spacial score (nSPS) is 11.0. The van der Waals surface area contributed by atoms with Crippen LogP contribution in [0.25, 0.3) is 0 Å². The summed E-state index contributed by atoms with van der Waals surface area (Å²) >= 11 is 5.27. The minimum atomic E-state index is 0.564. The van der Waals surface area contributed by atoms with E-state index >= 15 is 0 Å². The molecule has 1 heterocycles. The average Bonchev–Trinajstić information content (AvgIpc) is 3.18. The molecule has 0 aliphatic carbocycles. The van der Waals surface area contributed by atoms with Crippen molar-refractivity contribution in [2.75, 3.05) is 0 Å². The molecule has 1 aromatic heterocycles. The van der Waals surface area contributed by atoms with Gasteiger partial charge in [0.2, 0.25) is 0 Å². The molecule has 0 N–H and O–H groups in total. The highest BCUT2D eigenvalue weighted by atomic mass is 79.9. The first kappa shape index (κ1) is 21.4. The van der Waals surface area contributed by atoms with E-state index in [2.05, 4.69) is 44.3 Å². The van der Waals surface area contributed by atoms with Crippen LogP contribution < -0.4 is 0 Å². The first-order chi connectivity index (χ1) is 15.3. The molecule has 3 nitrogen and oxygen atoms in total. The summed E-state index contributed by atoms with van der Waals surface area (Å²) in [7, 11) is 0. The number of ether oxygens (including phenoxy) is 1. The summed E-state index contributed by atoms with van der Waals surface area (Å²) < 4.78 is 6.85. The summed E-state index contributed by atoms with van der Waals surface area (Å²) in [6.07, 6.45) is 1.79. The van der Waals surface area contributed by atoms with Gasteiger partial charge < -0.3 is 4.74 Å². The maximum absolute atomic E-state index is 5.85. The van der Waals surface area contributed by atoms with Crippen molar-refractivity contribution in [1.29, 1.82) is 0 Å². The molecule has 5 heteroatoms. The first-order valence-corrected chi connectivity index (χ1v) is 11.5. The van der Waals surface area contributed by atoms with Crippen molar-refractivity contribution < 1.29 is 4.74 Å². The molecule has 0 atom stereocenters. The lowest BCUT2D eigenvalue weighted by atomic mass is 10.0. The molecule has 0 aliphatic heterocycles. The van der Waals surface area contributed by atoms with Gasteiger partial charge in [0, 0.05) is 20.5 Å². The number of thiophene rings is 1. The minimum Gasteiger partial charge on any atom is -0.371 e. The zero-order valence-corrected chi connectivity index (χ0v) is 19.2. The summed E-state index contributed by atoms with van der Waals surface area (Å²) in [6, 6.07) is 32.5. The van der Waals surface area contributed by atoms with Crippen LogP contribution in [0.1, 0.15) is 26.4 Å². The van der Waals surface area contributed by atoms with Gasteiger partial charge in [-0.15, -0.1) is 16.4 Å². The number of halogens is 1. The fraction of sp³-hybridized carbons (Fsp3) is 0.0769. The van der Waals surface area contributed by atoms with E-state index in [-0.39, 0.29) is 0 Å². The molecule has 4 aromatic rings. The Morgan fingerprint density at radius 3 is 2.00 bits per heavy atom. The molecule has 0 unspecified atom stereocenters. The monoisotopic (exact) mass is 488 g/mol. The Kier molecular flexibility index (Phi) is 7.56. The molecular weight excluding hydrogens is 468 g/mol. The van der Waals surface area contributed by atoms with Gasteiger partial charge in [0.15, 0.2) is 0 Å². The van der Waals surface area contributed by atoms with E-state index in [1.165, 1.54) is 5.56 Å². The average molecular weight is 489 g/mol. The van der Waals surface area contributed by atoms with Crippen molar-refractivity contribution in [2.24, 2.45) is 10.2 Å². The van der Waals surface area contributed by atoms with Gasteiger partial charge in [-0.2, -0.15) is 5.10 Å². The largest absolute Gasteiger partial charge is 0.371 e. The molecule has 0 saturated carbocycles. The summed E-state index contributed by atoms with van der Waals surface area (Å²) in [5.74, 6) is 0. The highest BCUT2D eigenvalue weighted by Crippen LogP contribution is 2.27. The lowest BCUT2D eigenvalue weighted by molar-refractivity contribution is 0.109. The van der Waals surface area contributed by atoms with Crippen LogP contribution in [0.3, 0.4) is 0 Å². The topological polar surface area (TPSA) is 34.0 Å². The van der Waals surface area contributed by atoms with E-state index in [4.69, 9.17) is 4.74 Å². The molecule has 4 rings (SSSR count). The maximum Gasteiger partial charge on any atom is 0.100 e. The molecule has 0 bridgehead atoms. The van der Waals surface area contributed by atoms with Crippen molar-refractivity contribution in [2.45, 2.75) is 13.2 Å². The lowest BCUT2D eigenvalue weighted by Gasteiger charge is -2.04. The third-order valence-corrected chi connectivity index (χ3v) is 6.51. The first-order valence-electron chi connectivity index (χ1n) is 9.91. The van der Waals surface area contributed by atoms with Crippen LogP contribution in [-0.4, -0.2) is 11.9 Å². The van der Waals surface area contributed by atoms with Crippen LogP contribution in [0.2, 0.25) is 0 Å². The van der Waals surface area contributed by atoms with Gasteiger partial charge in [-0.05, 0) is 27.6 Å². The maximum atomic E-state index is 5.85. The van der Waals surface area contributed by atoms with Crippen LogP contribution in [0.15, 0.2) is 112 Å². The van der Waals surface area contributed by atoms with Crippen LogP contribution in [0.4, 0.5) is 0 Å². The number of hydrogen-bond acceptors (Lipinski definition) is 4. The Hall–Kier alpha value is -2.86. The predicted molar refractivity (Wildman–Crippen MR) is 133 cm³/mol. The van der Waals surface area contributed by atoms with E-state index < -0.39 is 0 Å². The number of benzene rings is 3. The van der Waals surface area contributed by atoms with Gasteiger partial charge >= 0.3 is 0 Å². The molecule has 31 heavy (non-hydrogen) atoms. The molecule has 0 saturated heterocycles. The molecular formula is C26H21BrN2OS. The number of nitrogens with zero attached hydrogens (tertiary/aromatic N) is 2. The highest BCUT2D eigenvalue weighted by molar-refractivity contribution is 9.10. The second kappa shape index (κ2) is 11.0. The van der Waals surface area contributed by atoms with E-state index in [1.54, 1.807) is 17.6 Å². The third kappa shape index (κ3) is 6.07. The quantitative estimate of drug-likeness (QED) is 0.192. The van der Waals surface area contributed by atoms with E-state index in [9.17, 15) is 0 Å². The van der Waals surface area contributed by atoms with Crippen LogP contribution in [-0.2, 0) is 18.0 Å². The Balaban J connectivity index is 1.47. The molecule has 3 aromatic carbocycles. The lowest BCUT2D eigenvalue weighted by Crippen LogP contribution is -2.02. The van der Waals surface area contributed by atoms with Crippen LogP contribution in [0, 0.1) is 0 Å². The Morgan fingerprint density at radius 2 is 1.39 bits per heavy atom. The van der Waals surface area contributed by atoms with Crippen molar-refractivity contribution >= 4 is 39.2 Å². The van der Waals surface area contributed by atoms with Crippen molar-refractivity contribution in [3.05, 3.63) is 128 Å². The Morgan fingerprint density at radius 1 is 0.806 bits per heavy atom. The van der Waals surface area contributed by atoms with E-state index in [0.29, 0.717) is 13.2 Å². The fourth-order valence-corrected chi connectivity index (χ4v) is 4.68. The van der Waals surface area contributed by atoms with Gasteiger partial charge in [-0.25, -0.2) is 0 Å². The Bertz CT molecular complexity index is 1110. The fourth-order valence-electron chi connectivity index (χ4n) is 3.05. The minimum absolute atomic E-state index is 0.564. The van der Waals surface area contributed by atoms with Crippen molar-refractivity contribution in [3.63, 3.8) is 0 Å². The van der Waals surface area contributed by atoms with E-state index in [1.807, 2.05) is 78.9 Å². The SMILES string of the molecule is Brc1cc(COCc2ccccc2)sc1C=NN=C(c1ccccc1)c1ccccc1. The van der Waals surface area contributed by atoms with Crippen LogP contribution >= 0.6 is 27.3 Å². The highest BCUT2D eigenvalue weighted by Gasteiger charge is 2.08. The van der Waals surface area contributed by atoms with Crippen LogP contribution in [0.5, 0.6) is 0 Å².